The van der Waals surface area contributed by atoms with Gasteiger partial charge in [-0.3, -0.25) is 0 Å². The Bertz CT molecular complexity index is 543. The molecule has 0 saturated heterocycles. The number of rotatable bonds is 4. The van der Waals surface area contributed by atoms with E-state index in [0.29, 0.717) is 12.8 Å². The number of benzene rings is 1. The highest BCUT2D eigenvalue weighted by Crippen LogP contribution is 2.22. The Kier molecular flexibility index (Phi) is 3.90. The zero-order valence-corrected chi connectivity index (χ0v) is 10.7. The molecule has 2 N–H and O–H groups in total. The van der Waals surface area contributed by atoms with Crippen LogP contribution in [0.5, 0.6) is 0 Å². The third-order valence-corrected chi connectivity index (χ3v) is 3.07. The first kappa shape index (κ1) is 13.2. The maximum Gasteiger partial charge on any atom is 0.377 e. The van der Waals surface area contributed by atoms with Crippen LogP contribution < -0.4 is 0 Å². The second-order valence-corrected chi connectivity index (χ2v) is 4.46. The van der Waals surface area contributed by atoms with Gasteiger partial charge < -0.3 is 14.9 Å². The van der Waals surface area contributed by atoms with Crippen molar-refractivity contribution in [3.05, 3.63) is 53.0 Å². The second-order valence-electron chi connectivity index (χ2n) is 4.46. The highest BCUT2D eigenvalue weighted by atomic mass is 16.6. The predicted molar refractivity (Wildman–Crippen MR) is 71.6 cm³/mol. The Balaban J connectivity index is 1.88. The lowest BCUT2D eigenvalue weighted by molar-refractivity contribution is -0.142. The van der Waals surface area contributed by atoms with Crippen LogP contribution in [0.25, 0.3) is 6.08 Å². The fraction of sp³-hybridized carbons (Fsp3) is 0.267. The minimum atomic E-state index is -0.856. The molecular formula is C15H16O4. The van der Waals surface area contributed by atoms with Gasteiger partial charge in [-0.25, -0.2) is 4.79 Å². The smallest absolute Gasteiger partial charge is 0.377 e. The van der Waals surface area contributed by atoms with E-state index in [1.807, 2.05) is 43.3 Å². The molecule has 2 rings (SSSR count). The number of carbonyl (C=O) groups is 1. The number of aliphatic hydroxyl groups is 2. The largest absolute Gasteiger partial charge is 0.505 e. The summed E-state index contributed by atoms with van der Waals surface area (Å²) in [6, 6.07) is 8.00. The summed E-state index contributed by atoms with van der Waals surface area (Å²) in [7, 11) is 0. The molecule has 1 aliphatic rings. The summed E-state index contributed by atoms with van der Waals surface area (Å²) in [5, 5.41) is 18.6. The fourth-order valence-electron chi connectivity index (χ4n) is 1.93. The fourth-order valence-corrected chi connectivity index (χ4v) is 1.93. The van der Waals surface area contributed by atoms with Gasteiger partial charge in [-0.15, -0.1) is 0 Å². The zero-order valence-electron chi connectivity index (χ0n) is 10.7. The van der Waals surface area contributed by atoms with Crippen molar-refractivity contribution in [1.29, 1.82) is 0 Å². The first-order chi connectivity index (χ1) is 9.09. The summed E-state index contributed by atoms with van der Waals surface area (Å²) in [5.41, 5.74) is 2.32. The number of hydrogen-bond donors (Lipinski definition) is 2. The van der Waals surface area contributed by atoms with E-state index >= 15 is 0 Å². The molecule has 1 unspecified atom stereocenters. The molecule has 1 atom stereocenters. The van der Waals surface area contributed by atoms with Gasteiger partial charge in [0, 0.05) is 0 Å². The molecule has 0 spiro atoms. The number of cyclic esters (lactones) is 1. The number of aliphatic hydroxyl groups excluding tert-OH is 2. The summed E-state index contributed by atoms with van der Waals surface area (Å²) in [5.74, 6) is -1.90. The van der Waals surface area contributed by atoms with E-state index in [1.54, 1.807) is 0 Å². The molecule has 4 nitrogen and oxygen atoms in total. The van der Waals surface area contributed by atoms with Crippen molar-refractivity contribution >= 4 is 12.0 Å². The van der Waals surface area contributed by atoms with Gasteiger partial charge in [0.2, 0.25) is 5.76 Å². The molecule has 0 radical (unpaired) electrons. The van der Waals surface area contributed by atoms with Crippen LogP contribution in [0.3, 0.4) is 0 Å². The highest BCUT2D eigenvalue weighted by Gasteiger charge is 2.33. The normalized spacial score (nSPS) is 19.2. The van der Waals surface area contributed by atoms with Crippen LogP contribution in [-0.2, 0) is 9.53 Å². The van der Waals surface area contributed by atoms with Gasteiger partial charge in [0.05, 0.1) is 0 Å². The van der Waals surface area contributed by atoms with Gasteiger partial charge in [-0.05, 0) is 30.9 Å². The molecule has 1 aliphatic heterocycles. The molecule has 4 heteroatoms. The molecule has 0 bridgehead atoms. The summed E-state index contributed by atoms with van der Waals surface area (Å²) in [4.78, 5) is 11.0. The van der Waals surface area contributed by atoms with Crippen molar-refractivity contribution < 1.29 is 19.7 Å². The lowest BCUT2D eigenvalue weighted by Crippen LogP contribution is -2.10. The summed E-state index contributed by atoms with van der Waals surface area (Å²) >= 11 is 0. The van der Waals surface area contributed by atoms with Crippen LogP contribution >= 0.6 is 0 Å². The molecule has 0 fully saturated rings. The third kappa shape index (κ3) is 2.96. The maximum absolute atomic E-state index is 11.0. The Hall–Kier alpha value is -2.23. The first-order valence-electron chi connectivity index (χ1n) is 6.15. The Morgan fingerprint density at radius 3 is 2.68 bits per heavy atom. The molecule has 0 aromatic heterocycles. The number of allylic oxidation sites excluding steroid dienone is 1. The van der Waals surface area contributed by atoms with Crippen LogP contribution in [0.1, 0.15) is 24.0 Å². The van der Waals surface area contributed by atoms with Crippen molar-refractivity contribution in [3.8, 4) is 0 Å². The molecule has 1 aromatic rings. The van der Waals surface area contributed by atoms with Crippen LogP contribution in [0, 0.1) is 6.92 Å². The van der Waals surface area contributed by atoms with E-state index in [0.717, 1.165) is 5.56 Å². The van der Waals surface area contributed by atoms with Crippen LogP contribution in [0.15, 0.2) is 41.9 Å². The second kappa shape index (κ2) is 5.61. The topological polar surface area (TPSA) is 66.8 Å². The SMILES string of the molecule is Cc1ccccc1/C=C\CCC1OC(=O)C(O)=C1O. The highest BCUT2D eigenvalue weighted by molar-refractivity contribution is 5.88. The van der Waals surface area contributed by atoms with Crippen LogP contribution in [0.2, 0.25) is 0 Å². The van der Waals surface area contributed by atoms with Crippen molar-refractivity contribution in [3.63, 3.8) is 0 Å². The third-order valence-electron chi connectivity index (χ3n) is 3.07. The van der Waals surface area contributed by atoms with Gasteiger partial charge in [0.1, 0.15) is 0 Å². The molecule has 0 amide bonds. The Labute approximate surface area is 111 Å². The minimum Gasteiger partial charge on any atom is -0.505 e. The average Bonchev–Trinajstić information content (AvgIpc) is 2.64. The van der Waals surface area contributed by atoms with Gasteiger partial charge in [-0.2, -0.15) is 0 Å². The van der Waals surface area contributed by atoms with Crippen molar-refractivity contribution in [2.24, 2.45) is 0 Å². The average molecular weight is 260 g/mol. The van der Waals surface area contributed by atoms with E-state index in [-0.39, 0.29) is 5.76 Å². The Morgan fingerprint density at radius 1 is 1.32 bits per heavy atom. The van der Waals surface area contributed by atoms with Crippen molar-refractivity contribution in [1.82, 2.24) is 0 Å². The zero-order chi connectivity index (χ0) is 13.8. The molecule has 0 aliphatic carbocycles. The number of hydrogen-bond acceptors (Lipinski definition) is 4. The molecular weight excluding hydrogens is 244 g/mol. The lowest BCUT2D eigenvalue weighted by atomic mass is 10.1. The van der Waals surface area contributed by atoms with E-state index in [2.05, 4.69) is 0 Å². The number of esters is 1. The summed E-state index contributed by atoms with van der Waals surface area (Å²) in [6.07, 6.45) is 4.31. The molecule has 1 heterocycles. The predicted octanol–water partition coefficient (Wildman–Crippen LogP) is 3.04. The van der Waals surface area contributed by atoms with Gasteiger partial charge in [0.15, 0.2) is 11.9 Å². The quantitative estimate of drug-likeness (QED) is 0.816. The van der Waals surface area contributed by atoms with E-state index in [9.17, 15) is 9.90 Å². The molecule has 19 heavy (non-hydrogen) atoms. The van der Waals surface area contributed by atoms with Gasteiger partial charge >= 0.3 is 5.97 Å². The number of carbonyl (C=O) groups excluding carboxylic acids is 1. The molecule has 100 valence electrons. The summed E-state index contributed by atoms with van der Waals surface area (Å²) < 4.78 is 4.81. The molecule has 0 saturated carbocycles. The first-order valence-corrected chi connectivity index (χ1v) is 6.15. The van der Waals surface area contributed by atoms with Gasteiger partial charge in [0.25, 0.3) is 0 Å². The number of ether oxygens (including phenoxy) is 1. The van der Waals surface area contributed by atoms with E-state index in [4.69, 9.17) is 9.84 Å². The summed E-state index contributed by atoms with van der Waals surface area (Å²) in [6.45, 7) is 2.03. The van der Waals surface area contributed by atoms with Crippen LogP contribution in [0.4, 0.5) is 0 Å². The van der Waals surface area contributed by atoms with Crippen molar-refractivity contribution in [2.45, 2.75) is 25.9 Å². The monoisotopic (exact) mass is 260 g/mol. The minimum absolute atomic E-state index is 0.366. The van der Waals surface area contributed by atoms with E-state index < -0.39 is 17.8 Å². The lowest BCUT2D eigenvalue weighted by Gasteiger charge is -2.07. The Morgan fingerprint density at radius 2 is 2.05 bits per heavy atom. The van der Waals surface area contributed by atoms with Gasteiger partial charge in [-0.1, -0.05) is 36.4 Å². The van der Waals surface area contributed by atoms with Crippen LogP contribution in [-0.4, -0.2) is 22.3 Å². The number of aryl methyl sites for hydroxylation is 1. The molecule has 1 aromatic carbocycles. The maximum atomic E-state index is 11.0. The standard InChI is InChI=1S/C15H16O4/c1-10-6-2-3-7-11(10)8-4-5-9-12-13(16)14(17)15(18)19-12/h2-4,6-8,12,16-17H,5,9H2,1H3/b8-4-. The van der Waals surface area contributed by atoms with E-state index in [1.165, 1.54) is 5.56 Å². The van der Waals surface area contributed by atoms with Crippen molar-refractivity contribution in [2.75, 3.05) is 0 Å².